The second-order valence-electron chi connectivity index (χ2n) is 10.9. The first-order valence-electron chi connectivity index (χ1n) is 14.3. The Kier molecular flexibility index (Phi) is 4.90. The molecule has 196 valence electrons. The fraction of sp³-hybridized carbons (Fsp3) is 0. The summed E-state index contributed by atoms with van der Waals surface area (Å²) in [5.74, 6) is 0. The van der Waals surface area contributed by atoms with Crippen LogP contribution in [-0.2, 0) is 0 Å². The van der Waals surface area contributed by atoms with Crippen LogP contribution >= 0.6 is 0 Å². The predicted octanol–water partition coefficient (Wildman–Crippen LogP) is 10.4. The van der Waals surface area contributed by atoms with Gasteiger partial charge in [0.2, 0.25) is 0 Å². The van der Waals surface area contributed by atoms with Crippen molar-refractivity contribution in [2.75, 3.05) is 4.90 Å². The molecule has 0 saturated carbocycles. The van der Waals surface area contributed by atoms with Gasteiger partial charge in [0.15, 0.2) is 0 Å². The molecule has 0 fully saturated rings. The van der Waals surface area contributed by atoms with E-state index in [1.165, 1.54) is 49.4 Å². The molecule has 0 spiro atoms. The molecular weight excluding hydrogens is 510 g/mol. The van der Waals surface area contributed by atoms with Gasteiger partial charge in [0, 0.05) is 44.7 Å². The zero-order chi connectivity index (χ0) is 27.6. The topological polar surface area (TPSA) is 21.1 Å². The van der Waals surface area contributed by atoms with E-state index in [0.29, 0.717) is 0 Å². The minimum Gasteiger partial charge on any atom is -0.309 e. The third-order valence-corrected chi connectivity index (χ3v) is 8.54. The molecule has 1 aliphatic rings. The van der Waals surface area contributed by atoms with E-state index in [-0.39, 0.29) is 0 Å². The number of fused-ring (bicyclic) bond motifs is 5. The highest BCUT2D eigenvalue weighted by Crippen LogP contribution is 2.51. The predicted molar refractivity (Wildman–Crippen MR) is 175 cm³/mol. The van der Waals surface area contributed by atoms with Crippen LogP contribution in [0.4, 0.5) is 17.1 Å². The average molecular weight is 536 g/mol. The Bertz CT molecular complexity index is 2260. The van der Waals surface area contributed by atoms with E-state index < -0.39 is 0 Å². The number of pyridine rings is 1. The van der Waals surface area contributed by atoms with Gasteiger partial charge in [0.05, 0.1) is 28.6 Å². The number of hydrogen-bond donors (Lipinski definition) is 0. The third kappa shape index (κ3) is 3.31. The van der Waals surface area contributed by atoms with Crippen molar-refractivity contribution in [1.29, 1.82) is 0 Å². The monoisotopic (exact) mass is 535 g/mol. The van der Waals surface area contributed by atoms with Gasteiger partial charge in [0.25, 0.3) is 0 Å². The van der Waals surface area contributed by atoms with Crippen molar-refractivity contribution in [3.8, 4) is 27.9 Å². The van der Waals surface area contributed by atoms with Crippen LogP contribution in [0, 0.1) is 0 Å². The van der Waals surface area contributed by atoms with Gasteiger partial charge in [0.1, 0.15) is 0 Å². The lowest BCUT2D eigenvalue weighted by molar-refractivity contribution is 1.17. The van der Waals surface area contributed by atoms with E-state index in [0.717, 1.165) is 28.1 Å². The molecule has 0 radical (unpaired) electrons. The maximum Gasteiger partial charge on any atom is 0.0729 e. The Balaban J connectivity index is 1.29. The normalized spacial score (nSPS) is 12.2. The highest BCUT2D eigenvalue weighted by Gasteiger charge is 2.27. The summed E-state index contributed by atoms with van der Waals surface area (Å²) in [5, 5.41) is 4.89. The number of benzene rings is 6. The lowest BCUT2D eigenvalue weighted by Gasteiger charge is -2.33. The van der Waals surface area contributed by atoms with Crippen LogP contribution in [0.15, 0.2) is 152 Å². The second kappa shape index (κ2) is 8.92. The lowest BCUT2D eigenvalue weighted by atomic mass is 9.89. The molecule has 3 heteroatoms. The molecule has 6 aromatic carbocycles. The number of para-hydroxylation sites is 3. The van der Waals surface area contributed by atoms with Crippen molar-refractivity contribution in [3.63, 3.8) is 0 Å². The maximum atomic E-state index is 4.75. The minimum absolute atomic E-state index is 1.10. The third-order valence-electron chi connectivity index (χ3n) is 8.54. The smallest absolute Gasteiger partial charge is 0.0729 e. The number of hydrogen-bond acceptors (Lipinski definition) is 2. The molecule has 3 heterocycles. The molecule has 0 saturated heterocycles. The Morgan fingerprint density at radius 2 is 1.14 bits per heavy atom. The van der Waals surface area contributed by atoms with Gasteiger partial charge in [-0.25, -0.2) is 0 Å². The SMILES string of the molecule is c1ccc(-c2cc3c4c(cncc4c2)N(c2cccc(-n4c5ccccc5c5ccccc54)c2)c2ccccc2-3)cc1. The summed E-state index contributed by atoms with van der Waals surface area (Å²) in [5.41, 5.74) is 11.8. The van der Waals surface area contributed by atoms with Crippen molar-refractivity contribution in [2.45, 2.75) is 0 Å². The summed E-state index contributed by atoms with van der Waals surface area (Å²) in [6.45, 7) is 0. The van der Waals surface area contributed by atoms with Crippen molar-refractivity contribution < 1.29 is 0 Å². The summed E-state index contributed by atoms with van der Waals surface area (Å²) in [4.78, 5) is 7.12. The molecule has 2 aromatic heterocycles. The van der Waals surface area contributed by atoms with Crippen LogP contribution in [0.25, 0.3) is 60.5 Å². The highest BCUT2D eigenvalue weighted by molar-refractivity contribution is 6.15. The molecular formula is C39H25N3. The van der Waals surface area contributed by atoms with Crippen molar-refractivity contribution in [2.24, 2.45) is 0 Å². The van der Waals surface area contributed by atoms with E-state index in [1.54, 1.807) is 0 Å². The number of nitrogens with zero attached hydrogens (tertiary/aromatic N) is 3. The largest absolute Gasteiger partial charge is 0.309 e. The van der Waals surface area contributed by atoms with Gasteiger partial charge in [-0.2, -0.15) is 0 Å². The number of rotatable bonds is 3. The van der Waals surface area contributed by atoms with E-state index in [9.17, 15) is 0 Å². The van der Waals surface area contributed by atoms with Crippen LogP contribution < -0.4 is 4.90 Å². The molecule has 0 unspecified atom stereocenters. The minimum atomic E-state index is 1.10. The van der Waals surface area contributed by atoms with Crippen LogP contribution in [0.5, 0.6) is 0 Å². The number of aromatic nitrogens is 2. The average Bonchev–Trinajstić information content (AvgIpc) is 3.40. The van der Waals surface area contributed by atoms with Crippen LogP contribution in [0.1, 0.15) is 0 Å². The Labute approximate surface area is 243 Å². The second-order valence-corrected chi connectivity index (χ2v) is 10.9. The fourth-order valence-corrected chi connectivity index (χ4v) is 6.76. The van der Waals surface area contributed by atoms with Gasteiger partial charge in [-0.05, 0) is 65.2 Å². The Morgan fingerprint density at radius 3 is 1.95 bits per heavy atom. The van der Waals surface area contributed by atoms with Crippen molar-refractivity contribution >= 4 is 49.6 Å². The van der Waals surface area contributed by atoms with Crippen LogP contribution in [0.2, 0.25) is 0 Å². The van der Waals surface area contributed by atoms with E-state index >= 15 is 0 Å². The fourth-order valence-electron chi connectivity index (χ4n) is 6.76. The first kappa shape index (κ1) is 23.1. The molecule has 42 heavy (non-hydrogen) atoms. The molecule has 0 atom stereocenters. The Hall–Kier alpha value is -5.67. The number of anilines is 3. The summed E-state index contributed by atoms with van der Waals surface area (Å²) >= 11 is 0. The molecule has 0 aliphatic carbocycles. The van der Waals surface area contributed by atoms with Crippen molar-refractivity contribution in [3.05, 3.63) is 152 Å². The van der Waals surface area contributed by atoms with Gasteiger partial charge >= 0.3 is 0 Å². The standard InChI is InChI=1S/C39H25N3/c1-2-11-26(12-3-1)27-21-28-24-40-25-38-39(28)34(22-27)33-17-6-9-20-37(33)42(38)30-14-10-13-29(23-30)41-35-18-7-4-15-31(35)32-16-5-8-19-36(32)41/h1-25H. The summed E-state index contributed by atoms with van der Waals surface area (Å²) < 4.78 is 2.38. The zero-order valence-corrected chi connectivity index (χ0v) is 22.8. The van der Waals surface area contributed by atoms with E-state index in [2.05, 4.69) is 149 Å². The van der Waals surface area contributed by atoms with E-state index in [1.807, 2.05) is 12.4 Å². The Morgan fingerprint density at radius 1 is 0.452 bits per heavy atom. The molecule has 9 rings (SSSR count). The van der Waals surface area contributed by atoms with Crippen LogP contribution in [0.3, 0.4) is 0 Å². The lowest BCUT2D eigenvalue weighted by Crippen LogP contribution is -2.15. The summed E-state index contributed by atoms with van der Waals surface area (Å²) in [6, 6.07) is 50.2. The molecule has 8 aromatic rings. The summed E-state index contributed by atoms with van der Waals surface area (Å²) in [6.07, 6.45) is 4.01. The molecule has 0 N–H and O–H groups in total. The molecule has 3 nitrogen and oxygen atoms in total. The first-order chi connectivity index (χ1) is 20.8. The first-order valence-corrected chi connectivity index (χ1v) is 14.3. The van der Waals surface area contributed by atoms with Gasteiger partial charge < -0.3 is 9.47 Å². The maximum absolute atomic E-state index is 4.75. The summed E-state index contributed by atoms with van der Waals surface area (Å²) in [7, 11) is 0. The highest BCUT2D eigenvalue weighted by atomic mass is 15.2. The molecule has 0 amide bonds. The molecule has 0 bridgehead atoms. The van der Waals surface area contributed by atoms with Gasteiger partial charge in [-0.3, -0.25) is 4.98 Å². The van der Waals surface area contributed by atoms with Gasteiger partial charge in [-0.1, -0.05) is 91.0 Å². The van der Waals surface area contributed by atoms with Crippen LogP contribution in [-0.4, -0.2) is 9.55 Å². The zero-order valence-electron chi connectivity index (χ0n) is 22.8. The van der Waals surface area contributed by atoms with Gasteiger partial charge in [-0.15, -0.1) is 0 Å². The quantitative estimate of drug-likeness (QED) is 0.224. The van der Waals surface area contributed by atoms with E-state index in [4.69, 9.17) is 4.98 Å². The van der Waals surface area contributed by atoms with Crippen molar-refractivity contribution in [1.82, 2.24) is 9.55 Å². The molecule has 1 aliphatic heterocycles.